The van der Waals surface area contributed by atoms with Crippen molar-refractivity contribution in [3.05, 3.63) is 82.8 Å². The van der Waals surface area contributed by atoms with Crippen LogP contribution in [0.3, 0.4) is 0 Å². The van der Waals surface area contributed by atoms with Crippen LogP contribution in [0, 0.1) is 6.92 Å². The Labute approximate surface area is 204 Å². The van der Waals surface area contributed by atoms with Crippen LogP contribution in [0.1, 0.15) is 62.2 Å². The number of aliphatic hydroxyl groups excluding tert-OH is 1. The number of ketones is 1. The van der Waals surface area contributed by atoms with Crippen molar-refractivity contribution < 1.29 is 19.4 Å². The van der Waals surface area contributed by atoms with E-state index in [1.54, 1.807) is 43.3 Å². The number of aromatic nitrogens is 3. The lowest BCUT2D eigenvalue weighted by Crippen LogP contribution is -2.31. The lowest BCUT2D eigenvalue weighted by atomic mass is 9.96. The first kappa shape index (κ1) is 24.1. The summed E-state index contributed by atoms with van der Waals surface area (Å²) in [5, 5.41) is 19.4. The second kappa shape index (κ2) is 9.66. The minimum Gasteiger partial charge on any atom is -0.507 e. The van der Waals surface area contributed by atoms with E-state index < -0.39 is 17.7 Å². The van der Waals surface area contributed by atoms with E-state index in [1.807, 2.05) is 26.0 Å². The molecule has 1 unspecified atom stereocenters. The highest BCUT2D eigenvalue weighted by Crippen LogP contribution is 2.41. The van der Waals surface area contributed by atoms with Crippen molar-refractivity contribution in [1.29, 1.82) is 0 Å². The number of ether oxygens (including phenoxy) is 1. The van der Waals surface area contributed by atoms with Crippen molar-refractivity contribution in [3.63, 3.8) is 0 Å². The molecule has 1 aliphatic heterocycles. The molecule has 0 bridgehead atoms. The quantitative estimate of drug-likeness (QED) is 0.314. The van der Waals surface area contributed by atoms with E-state index in [0.29, 0.717) is 28.6 Å². The Kier molecular flexibility index (Phi) is 6.64. The molecule has 8 nitrogen and oxygen atoms in total. The van der Waals surface area contributed by atoms with Crippen LogP contribution >= 0.6 is 0 Å². The number of benzene rings is 1. The van der Waals surface area contributed by atoms with Gasteiger partial charge < -0.3 is 9.84 Å². The highest BCUT2D eigenvalue weighted by Gasteiger charge is 2.48. The summed E-state index contributed by atoms with van der Waals surface area (Å²) >= 11 is 0. The van der Waals surface area contributed by atoms with Gasteiger partial charge in [-0.1, -0.05) is 38.1 Å². The number of rotatable bonds is 6. The molecule has 0 saturated carbocycles. The zero-order valence-electron chi connectivity index (χ0n) is 20.4. The number of nitrogens with zero attached hydrogens (tertiary/aromatic N) is 4. The molecular formula is C27H28N4O4. The first-order chi connectivity index (χ1) is 16.7. The smallest absolute Gasteiger partial charge is 0.301 e. The largest absolute Gasteiger partial charge is 0.507 e. The summed E-state index contributed by atoms with van der Waals surface area (Å²) in [4.78, 5) is 32.1. The Morgan fingerprint density at radius 2 is 1.69 bits per heavy atom. The summed E-state index contributed by atoms with van der Waals surface area (Å²) in [7, 11) is 0. The van der Waals surface area contributed by atoms with Gasteiger partial charge >= 0.3 is 5.91 Å². The first-order valence-electron chi connectivity index (χ1n) is 11.5. The first-order valence-corrected chi connectivity index (χ1v) is 11.5. The maximum Gasteiger partial charge on any atom is 0.301 e. The van der Waals surface area contributed by atoms with Crippen molar-refractivity contribution in [2.24, 2.45) is 0 Å². The van der Waals surface area contributed by atoms with Crippen LogP contribution in [0.15, 0.2) is 60.3 Å². The summed E-state index contributed by atoms with van der Waals surface area (Å²) in [5.74, 6) is -0.825. The molecule has 8 heteroatoms. The van der Waals surface area contributed by atoms with Gasteiger partial charge in [0.15, 0.2) is 5.82 Å². The number of aryl methyl sites for hydroxylation is 1. The molecule has 0 aliphatic carbocycles. The molecule has 180 valence electrons. The molecule has 2 aromatic heterocycles. The summed E-state index contributed by atoms with van der Waals surface area (Å²) in [6.07, 6.45) is 1.50. The molecule has 1 atom stereocenters. The van der Waals surface area contributed by atoms with Gasteiger partial charge in [0, 0.05) is 5.56 Å². The summed E-state index contributed by atoms with van der Waals surface area (Å²) in [5.41, 5.74) is 2.53. The van der Waals surface area contributed by atoms with Crippen LogP contribution in [-0.2, 0) is 9.59 Å². The number of hydrogen-bond acceptors (Lipinski definition) is 7. The molecule has 4 rings (SSSR count). The van der Waals surface area contributed by atoms with Gasteiger partial charge in [-0.3, -0.25) is 19.5 Å². The monoisotopic (exact) mass is 472 g/mol. The lowest BCUT2D eigenvalue weighted by molar-refractivity contribution is -0.132. The van der Waals surface area contributed by atoms with Crippen LogP contribution in [0.25, 0.3) is 5.76 Å². The van der Waals surface area contributed by atoms with E-state index in [-0.39, 0.29) is 23.3 Å². The third kappa shape index (κ3) is 4.77. The Hall–Kier alpha value is -4.07. The molecule has 1 amide bonds. The van der Waals surface area contributed by atoms with Crippen LogP contribution in [0.4, 0.5) is 5.82 Å². The molecule has 1 fully saturated rings. The van der Waals surface area contributed by atoms with Crippen LogP contribution in [-0.4, -0.2) is 38.1 Å². The number of hydrogen-bond donors (Lipinski definition) is 1. The van der Waals surface area contributed by atoms with E-state index in [0.717, 1.165) is 5.56 Å². The molecule has 35 heavy (non-hydrogen) atoms. The van der Waals surface area contributed by atoms with E-state index in [1.165, 1.54) is 11.1 Å². The minimum atomic E-state index is -0.982. The SMILES string of the molecule is Cc1ccc(N2C(=O)C(=O)C(=C(O)c3ccc(C(C)C)cc3)C2c2ccc(OC(C)C)cn2)nn1. The van der Waals surface area contributed by atoms with Gasteiger partial charge in [-0.05, 0) is 56.5 Å². The van der Waals surface area contributed by atoms with E-state index in [2.05, 4.69) is 29.0 Å². The fraction of sp³-hybridized carbons (Fsp3) is 0.296. The number of aliphatic hydroxyl groups is 1. The highest BCUT2D eigenvalue weighted by atomic mass is 16.5. The molecule has 3 heterocycles. The van der Waals surface area contributed by atoms with Crippen molar-refractivity contribution in [2.75, 3.05) is 4.90 Å². The van der Waals surface area contributed by atoms with Crippen LogP contribution in [0.2, 0.25) is 0 Å². The van der Waals surface area contributed by atoms with Gasteiger partial charge in [-0.2, -0.15) is 5.10 Å². The normalized spacial score (nSPS) is 17.5. The molecule has 1 aliphatic rings. The van der Waals surface area contributed by atoms with Gasteiger partial charge in [0.2, 0.25) is 0 Å². The van der Waals surface area contributed by atoms with Crippen molar-refractivity contribution in [3.8, 4) is 5.75 Å². The fourth-order valence-electron chi connectivity index (χ4n) is 3.95. The minimum absolute atomic E-state index is 0.0371. The lowest BCUT2D eigenvalue weighted by Gasteiger charge is -2.23. The van der Waals surface area contributed by atoms with Gasteiger partial charge in [-0.25, -0.2) is 0 Å². The van der Waals surface area contributed by atoms with E-state index >= 15 is 0 Å². The number of Topliss-reactive ketones (excluding diaryl/α,β-unsaturated/α-hetero) is 1. The maximum atomic E-state index is 13.2. The van der Waals surface area contributed by atoms with Crippen molar-refractivity contribution in [1.82, 2.24) is 15.2 Å². The third-order valence-corrected chi connectivity index (χ3v) is 5.74. The fourth-order valence-corrected chi connectivity index (χ4v) is 3.95. The van der Waals surface area contributed by atoms with Crippen LogP contribution < -0.4 is 9.64 Å². The Bertz CT molecular complexity index is 1260. The standard InChI is InChI=1S/C27H28N4O4/c1-15(2)18-7-9-19(10-8-18)25(32)23-24(21-12-11-20(14-28-21)35-16(3)4)31(27(34)26(23)33)22-13-6-17(5)29-30-22/h6-16,24,32H,1-5H3. The zero-order valence-corrected chi connectivity index (χ0v) is 20.4. The maximum absolute atomic E-state index is 13.2. The predicted octanol–water partition coefficient (Wildman–Crippen LogP) is 4.72. The number of anilines is 1. The second-order valence-corrected chi connectivity index (χ2v) is 9.06. The summed E-state index contributed by atoms with van der Waals surface area (Å²) in [6, 6.07) is 13.0. The van der Waals surface area contributed by atoms with Crippen LogP contribution in [0.5, 0.6) is 5.75 Å². The molecule has 3 aromatic rings. The van der Waals surface area contributed by atoms with Crippen molar-refractivity contribution >= 4 is 23.3 Å². The highest BCUT2D eigenvalue weighted by molar-refractivity contribution is 6.51. The molecule has 1 N–H and O–H groups in total. The molecule has 1 aromatic carbocycles. The number of carbonyl (C=O) groups is 2. The van der Waals surface area contributed by atoms with Gasteiger partial charge in [-0.15, -0.1) is 5.10 Å². The topological polar surface area (TPSA) is 106 Å². The average molecular weight is 473 g/mol. The third-order valence-electron chi connectivity index (χ3n) is 5.74. The number of carbonyl (C=O) groups excluding carboxylic acids is 2. The average Bonchev–Trinajstić information content (AvgIpc) is 3.10. The molecule has 1 saturated heterocycles. The molecular weight excluding hydrogens is 444 g/mol. The Morgan fingerprint density at radius 3 is 2.23 bits per heavy atom. The summed E-state index contributed by atoms with van der Waals surface area (Å²) < 4.78 is 5.68. The number of pyridine rings is 1. The van der Waals surface area contributed by atoms with E-state index in [4.69, 9.17) is 4.74 Å². The second-order valence-electron chi connectivity index (χ2n) is 9.06. The van der Waals surface area contributed by atoms with Gasteiger partial charge in [0.1, 0.15) is 17.6 Å². The summed E-state index contributed by atoms with van der Waals surface area (Å²) in [6.45, 7) is 9.73. The molecule has 0 spiro atoms. The number of amides is 1. The zero-order chi connectivity index (χ0) is 25.3. The Balaban J connectivity index is 1.86. The Morgan fingerprint density at radius 1 is 0.971 bits per heavy atom. The predicted molar refractivity (Wildman–Crippen MR) is 132 cm³/mol. The van der Waals surface area contributed by atoms with Gasteiger partial charge in [0.25, 0.3) is 5.78 Å². The van der Waals surface area contributed by atoms with E-state index in [9.17, 15) is 14.7 Å². The van der Waals surface area contributed by atoms with Gasteiger partial charge in [0.05, 0.1) is 29.3 Å². The molecule has 0 radical (unpaired) electrons. The van der Waals surface area contributed by atoms with Crippen molar-refractivity contribution in [2.45, 2.75) is 52.7 Å².